The zero-order valence-electron chi connectivity index (χ0n) is 20.3. The maximum atomic E-state index is 12.9. The van der Waals surface area contributed by atoms with E-state index in [2.05, 4.69) is 23.5 Å². The van der Waals surface area contributed by atoms with Crippen LogP contribution in [0.5, 0.6) is 17.2 Å². The van der Waals surface area contributed by atoms with Gasteiger partial charge in [0.2, 0.25) is 0 Å². The van der Waals surface area contributed by atoms with E-state index in [1.54, 1.807) is 0 Å². The number of benzene rings is 4. The van der Waals surface area contributed by atoms with Crippen LogP contribution in [0.3, 0.4) is 0 Å². The zero-order valence-corrected chi connectivity index (χ0v) is 21.1. The Labute approximate surface area is 224 Å². The van der Waals surface area contributed by atoms with Crippen LogP contribution < -0.4 is 14.8 Å². The fraction of sp³-hybridized carbons (Fsp3) is 0.0968. The molecule has 0 saturated carbocycles. The topological polar surface area (TPSA) is 63.2 Å². The predicted molar refractivity (Wildman–Crippen MR) is 149 cm³/mol. The van der Waals surface area contributed by atoms with Crippen molar-refractivity contribution >= 4 is 28.8 Å². The monoisotopic (exact) mass is 517 g/mol. The molecule has 1 N–H and O–H groups in total. The Morgan fingerprint density at radius 2 is 1.66 bits per heavy atom. The Morgan fingerprint density at radius 3 is 2.50 bits per heavy atom. The molecular formula is C31H23N3O3S. The Hall–Kier alpha value is -4.49. The highest BCUT2D eigenvalue weighted by Gasteiger charge is 2.58. The van der Waals surface area contributed by atoms with Gasteiger partial charge in [-0.1, -0.05) is 78.9 Å². The molecule has 2 unspecified atom stereocenters. The number of hydrazone groups is 1. The molecule has 1 saturated heterocycles. The Kier molecular flexibility index (Phi) is 5.44. The van der Waals surface area contributed by atoms with Crippen LogP contribution in [0.1, 0.15) is 29.2 Å². The standard InChI is InChI=1S/C31H23N3O3S/c35-30-32-31(29(38-30)19-21-10-9-15-24(18-21)36-23-13-5-2-6-14-23)34-27(25-16-7-8-17-28(25)37-31)20-26(33-34)22-11-3-1-4-12-22/h1-19,27H,20H2,(H,32,35)/b29-19-. The maximum Gasteiger partial charge on any atom is 0.314 e. The summed E-state index contributed by atoms with van der Waals surface area (Å²) >= 11 is 1.13. The molecule has 3 aliphatic rings. The molecule has 4 aromatic rings. The first-order valence-corrected chi connectivity index (χ1v) is 13.2. The summed E-state index contributed by atoms with van der Waals surface area (Å²) in [5, 5.41) is 9.88. The Morgan fingerprint density at radius 1 is 0.921 bits per heavy atom. The van der Waals surface area contributed by atoms with Gasteiger partial charge in [-0.25, -0.2) is 5.01 Å². The lowest BCUT2D eigenvalue weighted by atomic mass is 9.95. The lowest BCUT2D eigenvalue weighted by Gasteiger charge is -2.45. The predicted octanol–water partition coefficient (Wildman–Crippen LogP) is 7.17. The van der Waals surface area contributed by atoms with Crippen molar-refractivity contribution in [1.82, 2.24) is 10.3 Å². The zero-order chi connectivity index (χ0) is 25.5. The summed E-state index contributed by atoms with van der Waals surface area (Å²) in [6.07, 6.45) is 2.68. The van der Waals surface area contributed by atoms with Crippen molar-refractivity contribution in [2.24, 2.45) is 5.10 Å². The van der Waals surface area contributed by atoms with Gasteiger partial charge in [0.05, 0.1) is 16.7 Å². The van der Waals surface area contributed by atoms with Crippen molar-refractivity contribution in [3.8, 4) is 17.2 Å². The second-order valence-electron chi connectivity index (χ2n) is 9.27. The molecular weight excluding hydrogens is 494 g/mol. The first-order valence-electron chi connectivity index (χ1n) is 12.4. The second-order valence-corrected chi connectivity index (χ2v) is 10.3. The molecule has 7 heteroatoms. The number of hydrogen-bond acceptors (Lipinski definition) is 6. The SMILES string of the molecule is O=C1NC2(Oc3ccccc3C3CC(c4ccccc4)=NN32)/C(=C/c2cccc(Oc3ccccc3)c2)S1. The summed E-state index contributed by atoms with van der Waals surface area (Å²) in [4.78, 5) is 13.6. The number of nitrogens with zero attached hydrogens (tertiary/aromatic N) is 2. The highest BCUT2D eigenvalue weighted by molar-refractivity contribution is 8.17. The Bertz CT molecular complexity index is 1590. The largest absolute Gasteiger partial charge is 0.457 e. The highest BCUT2D eigenvalue weighted by atomic mass is 32.2. The smallest absolute Gasteiger partial charge is 0.314 e. The van der Waals surface area contributed by atoms with Gasteiger partial charge in [0, 0.05) is 12.0 Å². The average Bonchev–Trinajstić information content (AvgIpc) is 3.53. The van der Waals surface area contributed by atoms with Crippen LogP contribution in [0.25, 0.3) is 6.08 Å². The fourth-order valence-corrected chi connectivity index (χ4v) is 6.02. The van der Waals surface area contributed by atoms with Crippen LogP contribution in [0.15, 0.2) is 119 Å². The molecule has 1 spiro atoms. The first-order chi connectivity index (χ1) is 18.7. The number of fused-ring (bicyclic) bond motifs is 4. The number of thioether (sulfide) groups is 1. The van der Waals surface area contributed by atoms with Gasteiger partial charge in [-0.05, 0) is 59.3 Å². The number of rotatable bonds is 4. The number of carbonyl (C=O) groups excluding carboxylic acids is 1. The number of ether oxygens (including phenoxy) is 2. The Balaban J connectivity index is 1.31. The van der Waals surface area contributed by atoms with Gasteiger partial charge in [0.25, 0.3) is 5.24 Å². The fourth-order valence-electron chi connectivity index (χ4n) is 5.11. The van der Waals surface area contributed by atoms with Crippen LogP contribution in [0.2, 0.25) is 0 Å². The number of amides is 1. The minimum atomic E-state index is -1.24. The minimum absolute atomic E-state index is 0.0784. The summed E-state index contributed by atoms with van der Waals surface area (Å²) in [6.45, 7) is 0. The maximum absolute atomic E-state index is 12.9. The van der Waals surface area contributed by atoms with Crippen LogP contribution >= 0.6 is 11.8 Å². The van der Waals surface area contributed by atoms with Crippen LogP contribution in [-0.2, 0) is 0 Å². The van der Waals surface area contributed by atoms with E-state index in [9.17, 15) is 4.79 Å². The molecule has 3 aliphatic heterocycles. The quantitative estimate of drug-likeness (QED) is 0.311. The molecule has 7 rings (SSSR count). The van der Waals surface area contributed by atoms with E-state index in [1.807, 2.05) is 102 Å². The molecule has 186 valence electrons. The second kappa shape index (κ2) is 9.11. The van der Waals surface area contributed by atoms with Crippen LogP contribution in [-0.4, -0.2) is 21.8 Å². The van der Waals surface area contributed by atoms with Crippen molar-refractivity contribution in [3.63, 3.8) is 0 Å². The van der Waals surface area contributed by atoms with Gasteiger partial charge < -0.3 is 9.47 Å². The first kappa shape index (κ1) is 22.7. The highest BCUT2D eigenvalue weighted by Crippen LogP contribution is 2.52. The normalized spacial score (nSPS) is 22.5. The van der Waals surface area contributed by atoms with Crippen molar-refractivity contribution < 1.29 is 14.3 Å². The van der Waals surface area contributed by atoms with E-state index in [4.69, 9.17) is 14.6 Å². The number of nitrogens with one attached hydrogen (secondary N) is 1. The van der Waals surface area contributed by atoms with Gasteiger partial charge in [0.15, 0.2) is 0 Å². The summed E-state index contributed by atoms with van der Waals surface area (Å²) in [5.41, 5.74) is 3.96. The third-order valence-electron chi connectivity index (χ3n) is 6.82. The van der Waals surface area contributed by atoms with Crippen molar-refractivity contribution in [2.75, 3.05) is 0 Å². The molecule has 0 aromatic heterocycles. The minimum Gasteiger partial charge on any atom is -0.457 e. The molecule has 1 amide bonds. The van der Waals surface area contributed by atoms with Gasteiger partial charge in [-0.2, -0.15) is 5.10 Å². The van der Waals surface area contributed by atoms with Gasteiger partial charge >= 0.3 is 5.85 Å². The van der Waals surface area contributed by atoms with Crippen molar-refractivity contribution in [3.05, 3.63) is 131 Å². The van der Waals surface area contributed by atoms with E-state index < -0.39 is 5.85 Å². The van der Waals surface area contributed by atoms with Crippen molar-refractivity contribution in [2.45, 2.75) is 18.3 Å². The molecule has 6 nitrogen and oxygen atoms in total. The lowest BCUT2D eigenvalue weighted by Crippen LogP contribution is -2.61. The molecule has 4 aromatic carbocycles. The van der Waals surface area contributed by atoms with E-state index >= 15 is 0 Å². The average molecular weight is 518 g/mol. The third kappa shape index (κ3) is 3.92. The molecule has 0 radical (unpaired) electrons. The van der Waals surface area contributed by atoms with E-state index in [0.29, 0.717) is 12.2 Å². The van der Waals surface area contributed by atoms with Crippen LogP contribution in [0, 0.1) is 0 Å². The summed E-state index contributed by atoms with van der Waals surface area (Å²) in [6, 6.07) is 35.5. The molecule has 1 fully saturated rings. The van der Waals surface area contributed by atoms with Crippen LogP contribution in [0.4, 0.5) is 4.79 Å². The molecule has 3 heterocycles. The number of carbonyl (C=O) groups is 1. The summed E-state index contributed by atoms with van der Waals surface area (Å²) in [5.74, 6) is 0.970. The van der Waals surface area contributed by atoms with Gasteiger partial charge in [0.1, 0.15) is 17.2 Å². The van der Waals surface area contributed by atoms with E-state index in [0.717, 1.165) is 50.6 Å². The third-order valence-corrected chi connectivity index (χ3v) is 7.72. The number of hydrogen-bond donors (Lipinski definition) is 1. The molecule has 0 bridgehead atoms. The number of para-hydroxylation sites is 2. The van der Waals surface area contributed by atoms with Crippen molar-refractivity contribution in [1.29, 1.82) is 0 Å². The molecule has 38 heavy (non-hydrogen) atoms. The van der Waals surface area contributed by atoms with Gasteiger partial charge in [-0.15, -0.1) is 0 Å². The lowest BCUT2D eigenvalue weighted by molar-refractivity contribution is -0.0949. The molecule has 2 atom stereocenters. The molecule has 0 aliphatic carbocycles. The van der Waals surface area contributed by atoms with Gasteiger partial charge in [-0.3, -0.25) is 10.1 Å². The van der Waals surface area contributed by atoms with E-state index in [1.165, 1.54) is 0 Å². The van der Waals surface area contributed by atoms with E-state index in [-0.39, 0.29) is 11.3 Å². The summed E-state index contributed by atoms with van der Waals surface area (Å²) in [7, 11) is 0. The summed E-state index contributed by atoms with van der Waals surface area (Å²) < 4.78 is 12.7.